The maximum absolute atomic E-state index is 13.6. The van der Waals surface area contributed by atoms with Crippen molar-refractivity contribution in [3.8, 4) is 16.9 Å². The highest BCUT2D eigenvalue weighted by molar-refractivity contribution is 7.89. The van der Waals surface area contributed by atoms with Gasteiger partial charge in [-0.3, -0.25) is 14.4 Å². The van der Waals surface area contributed by atoms with Crippen LogP contribution in [0.15, 0.2) is 64.0 Å². The molecule has 2 heterocycles. The number of hydrogen-bond acceptors (Lipinski definition) is 18. The van der Waals surface area contributed by atoms with Crippen molar-refractivity contribution in [2.75, 3.05) is 165 Å². The number of carbonyl (C=O) groups is 3. The Labute approximate surface area is 483 Å². The van der Waals surface area contributed by atoms with Gasteiger partial charge in [0.2, 0.25) is 39.2 Å². The van der Waals surface area contributed by atoms with Crippen LogP contribution in [0.3, 0.4) is 0 Å². The van der Waals surface area contributed by atoms with Crippen LogP contribution in [-0.2, 0) is 71.8 Å². The van der Waals surface area contributed by atoms with Crippen molar-refractivity contribution in [2.24, 2.45) is 16.6 Å². The van der Waals surface area contributed by atoms with E-state index in [0.717, 1.165) is 24.0 Å². The fourth-order valence-electron chi connectivity index (χ4n) is 8.15. The molecule has 83 heavy (non-hydrogen) atoms. The number of nitrogens with zero attached hydrogens (tertiary/aromatic N) is 3. The molecule has 1 fully saturated rings. The molecule has 0 bridgehead atoms. The largest absolute Gasteiger partial charge is 0.420 e. The highest BCUT2D eigenvalue weighted by Crippen LogP contribution is 2.34. The second kappa shape index (κ2) is 38.5. The molecular formula is C57H79F4N5O16S. The Kier molecular flexibility index (Phi) is 31.6. The lowest BCUT2D eigenvalue weighted by molar-refractivity contribution is -0.136. The Morgan fingerprint density at radius 3 is 1.57 bits per heavy atom. The van der Waals surface area contributed by atoms with Crippen LogP contribution in [0, 0.1) is 29.2 Å². The Morgan fingerprint density at radius 1 is 0.627 bits per heavy atom. The topological polar surface area (TPSA) is 244 Å². The quantitative estimate of drug-likeness (QED) is 0.0229. The van der Waals surface area contributed by atoms with E-state index < -0.39 is 51.4 Å². The summed E-state index contributed by atoms with van der Waals surface area (Å²) in [7, 11) is -3.78. The van der Waals surface area contributed by atoms with E-state index in [2.05, 4.69) is 15.0 Å². The zero-order valence-electron chi connectivity index (χ0n) is 47.4. The first-order chi connectivity index (χ1) is 40.2. The number of halogens is 4. The first-order valence-corrected chi connectivity index (χ1v) is 29.3. The van der Waals surface area contributed by atoms with Gasteiger partial charge in [-0.15, -0.1) is 0 Å². The molecule has 2 aliphatic rings. The highest BCUT2D eigenvalue weighted by Gasteiger charge is 2.37. The maximum atomic E-state index is 13.6. The molecule has 0 atom stereocenters. The van der Waals surface area contributed by atoms with E-state index in [9.17, 15) is 40.4 Å². The van der Waals surface area contributed by atoms with Crippen LogP contribution >= 0.6 is 0 Å². The number of rotatable bonds is 44. The third-order valence-electron chi connectivity index (χ3n) is 12.4. The summed E-state index contributed by atoms with van der Waals surface area (Å²) in [5.41, 5.74) is 9.72. The van der Waals surface area contributed by atoms with Crippen LogP contribution in [0.4, 0.5) is 23.2 Å². The summed E-state index contributed by atoms with van der Waals surface area (Å²) in [6.07, 6.45) is 3.56. The van der Waals surface area contributed by atoms with Gasteiger partial charge in [0.1, 0.15) is 5.84 Å². The number of carbonyl (C=O) groups excluding carboxylic acids is 3. The van der Waals surface area contributed by atoms with Crippen LogP contribution < -0.4 is 15.8 Å². The summed E-state index contributed by atoms with van der Waals surface area (Å²) < 4.78 is 141. The summed E-state index contributed by atoms with van der Waals surface area (Å²) in [5, 5.41) is 2.88. The molecular weight excluding hydrogens is 1120 g/mol. The zero-order chi connectivity index (χ0) is 59.7. The molecule has 2 aliphatic heterocycles. The Hall–Kier alpha value is -5.49. The number of benzene rings is 3. The molecule has 26 heteroatoms. The van der Waals surface area contributed by atoms with Crippen molar-refractivity contribution in [1.82, 2.24) is 14.5 Å². The van der Waals surface area contributed by atoms with E-state index in [4.69, 9.17) is 53.1 Å². The van der Waals surface area contributed by atoms with Crippen molar-refractivity contribution < 1.29 is 92.5 Å². The number of aliphatic imine (C=N–C) groups is 1. The van der Waals surface area contributed by atoms with Crippen molar-refractivity contribution in [2.45, 2.75) is 50.8 Å². The van der Waals surface area contributed by atoms with Crippen LogP contribution in [0.1, 0.15) is 51.5 Å². The average molecular weight is 1200 g/mol. The number of sulfonamides is 1. The fourth-order valence-corrected chi connectivity index (χ4v) is 9.79. The van der Waals surface area contributed by atoms with Gasteiger partial charge in [0.05, 0.1) is 149 Å². The van der Waals surface area contributed by atoms with Crippen LogP contribution in [0.5, 0.6) is 5.75 Å². The predicted molar refractivity (Wildman–Crippen MR) is 298 cm³/mol. The molecule has 0 aromatic heterocycles. The van der Waals surface area contributed by atoms with Gasteiger partial charge in [0.25, 0.3) is 0 Å². The molecule has 0 radical (unpaired) electrons. The van der Waals surface area contributed by atoms with Gasteiger partial charge in [-0.1, -0.05) is 38.1 Å². The molecule has 2 amide bonds. The molecule has 5 rings (SSSR count). The van der Waals surface area contributed by atoms with E-state index >= 15 is 0 Å². The SMILES string of the molecule is CCCN(CCC)C(=O)C1=Cc2ccc(-c3cccc(S(=O)(=O)N4CC(CNC(=O)CCOCCOCCOCCOCCOCCOCCOCCOCCOCCOCCC(=O)Oc5c(F)c(F)cc(F)c5F)C4)c3)cc2N=C(N)C1. The van der Waals surface area contributed by atoms with Gasteiger partial charge < -0.3 is 68.1 Å². The smallest absolute Gasteiger partial charge is 0.313 e. The Morgan fingerprint density at radius 2 is 1.08 bits per heavy atom. The molecule has 0 spiro atoms. The van der Waals surface area contributed by atoms with E-state index in [1.165, 1.54) is 4.31 Å². The number of amides is 2. The van der Waals surface area contributed by atoms with Gasteiger partial charge in [-0.25, -0.2) is 22.2 Å². The summed E-state index contributed by atoms with van der Waals surface area (Å²) >= 11 is 0. The number of esters is 1. The number of nitrogens with two attached hydrogens (primary N) is 1. The number of nitrogens with one attached hydrogen (secondary N) is 1. The minimum Gasteiger partial charge on any atom is -0.420 e. The van der Waals surface area contributed by atoms with Gasteiger partial charge in [0.15, 0.2) is 11.6 Å². The fraction of sp³-hybridized carbons (Fsp3) is 0.579. The minimum absolute atomic E-state index is 0.0122. The molecule has 462 valence electrons. The molecule has 0 aliphatic carbocycles. The average Bonchev–Trinajstić information content (AvgIpc) is 3.81. The summed E-state index contributed by atoms with van der Waals surface area (Å²) in [5.74, 6) is -9.46. The first kappa shape index (κ1) is 68.3. The molecule has 3 aromatic carbocycles. The van der Waals surface area contributed by atoms with E-state index in [-0.39, 0.29) is 87.7 Å². The summed E-state index contributed by atoms with van der Waals surface area (Å²) in [6.45, 7) is 12.6. The molecule has 1 saturated heterocycles. The molecule has 3 N–H and O–H groups in total. The second-order valence-corrected chi connectivity index (χ2v) is 20.9. The normalized spacial score (nSPS) is 13.7. The van der Waals surface area contributed by atoms with Crippen molar-refractivity contribution in [3.63, 3.8) is 0 Å². The maximum Gasteiger partial charge on any atom is 0.313 e. The number of fused-ring (bicyclic) bond motifs is 1. The van der Waals surface area contributed by atoms with E-state index in [0.29, 0.717) is 141 Å². The minimum atomic E-state index is -3.78. The van der Waals surface area contributed by atoms with Crippen LogP contribution in [0.25, 0.3) is 17.2 Å². The van der Waals surface area contributed by atoms with E-state index in [1.54, 1.807) is 18.2 Å². The van der Waals surface area contributed by atoms with Crippen molar-refractivity contribution in [3.05, 3.63) is 82.9 Å². The third-order valence-corrected chi connectivity index (χ3v) is 14.2. The number of hydrogen-bond donors (Lipinski definition) is 2. The van der Waals surface area contributed by atoms with Crippen molar-refractivity contribution >= 4 is 45.4 Å². The van der Waals surface area contributed by atoms with Gasteiger partial charge in [-0.05, 0) is 48.2 Å². The zero-order valence-corrected chi connectivity index (χ0v) is 48.2. The first-order valence-electron chi connectivity index (χ1n) is 27.9. The molecule has 3 aromatic rings. The standard InChI is InChI=1S/C57H79F4N5O16S/c1-3-12-65(13-4-2)57(69)46-34-45-9-8-44(36-50(45)64-51(62)37-46)43-6-5-7-47(35-43)83(70,71)66-40-42(41-66)39-63-52(67)10-14-72-16-18-74-20-22-76-24-26-78-28-30-80-32-33-81-31-29-79-27-25-77-23-21-75-19-17-73-15-11-53(68)82-56-54(60)48(58)38-49(59)55(56)61/h5-9,34-36,38,42H,3-4,10-33,37,39-41H2,1-2H3,(H2,62,64)(H,63,67). The number of amidine groups is 1. The molecule has 0 saturated carbocycles. The predicted octanol–water partition coefficient (Wildman–Crippen LogP) is 5.62. The third kappa shape index (κ3) is 24.6. The lowest BCUT2D eigenvalue weighted by Crippen LogP contribution is -2.53. The summed E-state index contributed by atoms with van der Waals surface area (Å²) in [6, 6.07) is 12.4. The van der Waals surface area contributed by atoms with Gasteiger partial charge in [-0.2, -0.15) is 13.1 Å². The molecule has 21 nitrogen and oxygen atoms in total. The Balaban J connectivity index is 0.755. The van der Waals surface area contributed by atoms with Crippen LogP contribution in [-0.4, -0.2) is 206 Å². The highest BCUT2D eigenvalue weighted by atomic mass is 32.2. The second-order valence-electron chi connectivity index (χ2n) is 18.9. The number of ether oxygens (including phenoxy) is 11. The van der Waals surface area contributed by atoms with Gasteiger partial charge >= 0.3 is 5.97 Å². The Bertz CT molecular complexity index is 2620. The van der Waals surface area contributed by atoms with Gasteiger partial charge in [0, 0.05) is 68.7 Å². The van der Waals surface area contributed by atoms with Crippen molar-refractivity contribution in [1.29, 1.82) is 0 Å². The monoisotopic (exact) mass is 1200 g/mol. The molecule has 0 unspecified atom stereocenters. The summed E-state index contributed by atoms with van der Waals surface area (Å²) in [4.78, 5) is 44.2. The lowest BCUT2D eigenvalue weighted by atomic mass is 10.0. The van der Waals surface area contributed by atoms with E-state index in [1.807, 2.05) is 49.1 Å². The lowest BCUT2D eigenvalue weighted by Gasteiger charge is -2.38. The van der Waals surface area contributed by atoms with Crippen LogP contribution in [0.2, 0.25) is 0 Å².